The lowest BCUT2D eigenvalue weighted by Crippen LogP contribution is -2.55. The fourth-order valence-corrected chi connectivity index (χ4v) is 1.77. The molecular formula is C14H20F2NO2+. The smallest absolute Gasteiger partial charge is 0.388 e. The molecule has 0 fully saturated rings. The van der Waals surface area contributed by atoms with Crippen LogP contribution < -0.4 is 4.74 Å². The number of methoxy groups -OCH3 is 1. The molecule has 3 nitrogen and oxygen atoms in total. The van der Waals surface area contributed by atoms with Crippen LogP contribution in [0.1, 0.15) is 19.4 Å². The Labute approximate surface area is 112 Å². The average molecular weight is 272 g/mol. The summed E-state index contributed by atoms with van der Waals surface area (Å²) >= 11 is 0. The highest BCUT2D eigenvalue weighted by atomic mass is 19.3. The Morgan fingerprint density at radius 2 is 1.68 bits per heavy atom. The van der Waals surface area contributed by atoms with Crippen molar-refractivity contribution >= 4 is 5.91 Å². The molecule has 0 aliphatic carbocycles. The highest BCUT2D eigenvalue weighted by Gasteiger charge is 2.51. The number of nitrogens with zero attached hydrogens (tertiary/aromatic N) is 1. The standard InChI is InChI=1S/C14H20F2NO2/c1-5-17(3,6-2)13(18)14(15,16)11-7-9-12(19-4)10-8-11/h7-10H,5-6H2,1-4H3/q+1. The number of ether oxygens (including phenoxy) is 1. The molecule has 0 saturated carbocycles. The first kappa shape index (κ1) is 15.6. The van der Waals surface area contributed by atoms with Gasteiger partial charge in [0.2, 0.25) is 0 Å². The Hall–Kier alpha value is -1.49. The Bertz CT molecular complexity index is 439. The topological polar surface area (TPSA) is 26.3 Å². The predicted molar refractivity (Wildman–Crippen MR) is 69.2 cm³/mol. The van der Waals surface area contributed by atoms with Gasteiger partial charge < -0.3 is 4.74 Å². The molecule has 1 amide bonds. The van der Waals surface area contributed by atoms with Gasteiger partial charge in [0.1, 0.15) is 5.75 Å². The first-order valence-corrected chi connectivity index (χ1v) is 6.23. The van der Waals surface area contributed by atoms with Crippen molar-refractivity contribution < 1.29 is 22.8 Å². The Morgan fingerprint density at radius 1 is 1.21 bits per heavy atom. The molecule has 0 heterocycles. The number of hydrogen-bond donors (Lipinski definition) is 0. The normalized spacial score (nSPS) is 12.3. The Kier molecular flexibility index (Phi) is 4.63. The molecule has 0 bridgehead atoms. The first-order chi connectivity index (χ1) is 8.81. The molecule has 1 aromatic carbocycles. The zero-order valence-electron chi connectivity index (χ0n) is 11.7. The Morgan fingerprint density at radius 3 is 2.05 bits per heavy atom. The van der Waals surface area contributed by atoms with Crippen molar-refractivity contribution in [2.75, 3.05) is 27.2 Å². The number of alkyl halides is 2. The minimum atomic E-state index is -3.49. The molecule has 5 heteroatoms. The van der Waals surface area contributed by atoms with E-state index in [4.69, 9.17) is 4.74 Å². The number of halogens is 2. The van der Waals surface area contributed by atoms with Gasteiger partial charge in [0.15, 0.2) is 0 Å². The van der Waals surface area contributed by atoms with Crippen molar-refractivity contribution in [3.8, 4) is 5.75 Å². The third-order valence-electron chi connectivity index (χ3n) is 3.61. The van der Waals surface area contributed by atoms with Gasteiger partial charge in [-0.25, -0.2) is 4.79 Å². The second-order valence-corrected chi connectivity index (χ2v) is 4.64. The minimum Gasteiger partial charge on any atom is -0.497 e. The number of carbonyl (C=O) groups excluding carboxylic acids is 1. The van der Waals surface area contributed by atoms with Crippen LogP contribution in [0.25, 0.3) is 0 Å². The second-order valence-electron chi connectivity index (χ2n) is 4.64. The molecule has 0 unspecified atom stereocenters. The summed E-state index contributed by atoms with van der Waals surface area (Å²) in [6, 6.07) is 5.32. The molecule has 0 N–H and O–H groups in total. The molecule has 0 aromatic heterocycles. The summed E-state index contributed by atoms with van der Waals surface area (Å²) in [5.74, 6) is -4.09. The summed E-state index contributed by atoms with van der Waals surface area (Å²) in [5.41, 5.74) is -0.301. The first-order valence-electron chi connectivity index (χ1n) is 6.23. The summed E-state index contributed by atoms with van der Waals surface area (Å²) in [6.45, 7) is 4.12. The van der Waals surface area contributed by atoms with E-state index in [2.05, 4.69) is 0 Å². The highest BCUT2D eigenvalue weighted by molar-refractivity contribution is 5.79. The summed E-state index contributed by atoms with van der Waals surface area (Å²) in [4.78, 5) is 12.1. The van der Waals surface area contributed by atoms with E-state index in [9.17, 15) is 13.6 Å². The zero-order chi connectivity index (χ0) is 14.7. The average Bonchev–Trinajstić information content (AvgIpc) is 2.45. The largest absolute Gasteiger partial charge is 0.497 e. The van der Waals surface area contributed by atoms with Crippen molar-refractivity contribution in [3.63, 3.8) is 0 Å². The highest BCUT2D eigenvalue weighted by Crippen LogP contribution is 2.33. The van der Waals surface area contributed by atoms with Gasteiger partial charge in [0.05, 0.1) is 27.2 Å². The molecule has 0 saturated heterocycles. The molecule has 0 aliphatic rings. The van der Waals surface area contributed by atoms with E-state index in [0.717, 1.165) is 0 Å². The number of benzene rings is 1. The molecule has 0 spiro atoms. The van der Waals surface area contributed by atoms with E-state index in [0.29, 0.717) is 18.8 Å². The van der Waals surface area contributed by atoms with E-state index >= 15 is 0 Å². The maximum atomic E-state index is 14.2. The molecule has 1 aromatic rings. The lowest BCUT2D eigenvalue weighted by molar-refractivity contribution is -0.835. The number of hydrogen-bond acceptors (Lipinski definition) is 2. The van der Waals surface area contributed by atoms with E-state index in [-0.39, 0.29) is 10.0 Å². The van der Waals surface area contributed by atoms with Gasteiger partial charge in [0, 0.05) is 5.56 Å². The minimum absolute atomic E-state index is 0.293. The third kappa shape index (κ3) is 2.92. The van der Waals surface area contributed by atoms with Crippen molar-refractivity contribution in [1.29, 1.82) is 0 Å². The van der Waals surface area contributed by atoms with Gasteiger partial charge in [-0.2, -0.15) is 8.78 Å². The molecule has 0 atom stereocenters. The van der Waals surface area contributed by atoms with Crippen LogP contribution in [0.15, 0.2) is 24.3 Å². The van der Waals surface area contributed by atoms with Crippen molar-refractivity contribution in [2.45, 2.75) is 19.8 Å². The van der Waals surface area contributed by atoms with E-state index in [1.165, 1.54) is 38.4 Å². The monoisotopic (exact) mass is 272 g/mol. The van der Waals surface area contributed by atoms with Crippen LogP contribution in [-0.2, 0) is 10.7 Å². The maximum Gasteiger partial charge on any atom is 0.388 e. The number of carbonyl (C=O) groups is 1. The number of likely N-dealkylation sites (N-methyl/N-ethyl adjacent to an activating group) is 1. The molecular weight excluding hydrogens is 252 g/mol. The lowest BCUT2D eigenvalue weighted by Gasteiger charge is -2.32. The number of rotatable bonds is 5. The summed E-state index contributed by atoms with van der Waals surface area (Å²) < 4.78 is 33.1. The van der Waals surface area contributed by atoms with Gasteiger partial charge in [-0.3, -0.25) is 4.48 Å². The summed E-state index contributed by atoms with van der Waals surface area (Å²) in [5, 5.41) is 0. The van der Waals surface area contributed by atoms with Crippen LogP contribution in [0.2, 0.25) is 0 Å². The second kappa shape index (κ2) is 5.65. The van der Waals surface area contributed by atoms with Gasteiger partial charge >= 0.3 is 11.8 Å². The van der Waals surface area contributed by atoms with Crippen molar-refractivity contribution in [2.24, 2.45) is 0 Å². The number of quaternary nitrogens is 1. The van der Waals surface area contributed by atoms with Gasteiger partial charge in [-0.1, -0.05) is 0 Å². The number of amides is 1. The van der Waals surface area contributed by atoms with Crippen LogP contribution in [-0.4, -0.2) is 37.6 Å². The van der Waals surface area contributed by atoms with Crippen molar-refractivity contribution in [1.82, 2.24) is 0 Å². The fraction of sp³-hybridized carbons (Fsp3) is 0.500. The Balaban J connectivity index is 3.11. The zero-order valence-corrected chi connectivity index (χ0v) is 11.7. The third-order valence-corrected chi connectivity index (χ3v) is 3.61. The van der Waals surface area contributed by atoms with Gasteiger partial charge in [-0.05, 0) is 38.1 Å². The SMILES string of the molecule is CC[N+](C)(CC)C(=O)C(F)(F)c1ccc(OC)cc1. The van der Waals surface area contributed by atoms with E-state index in [1.54, 1.807) is 13.8 Å². The van der Waals surface area contributed by atoms with Crippen LogP contribution in [0, 0.1) is 0 Å². The van der Waals surface area contributed by atoms with Crippen molar-refractivity contribution in [3.05, 3.63) is 29.8 Å². The molecule has 1 rings (SSSR count). The summed E-state index contributed by atoms with van der Waals surface area (Å²) in [6.07, 6.45) is 0. The van der Waals surface area contributed by atoms with Gasteiger partial charge in [-0.15, -0.1) is 0 Å². The van der Waals surface area contributed by atoms with Crippen LogP contribution in [0.5, 0.6) is 5.75 Å². The molecule has 106 valence electrons. The predicted octanol–water partition coefficient (Wildman–Crippen LogP) is 2.80. The van der Waals surface area contributed by atoms with Crippen LogP contribution in [0.4, 0.5) is 8.78 Å². The molecule has 0 aliphatic heterocycles. The fourth-order valence-electron chi connectivity index (χ4n) is 1.77. The van der Waals surface area contributed by atoms with Gasteiger partial charge in [0.25, 0.3) is 0 Å². The lowest BCUT2D eigenvalue weighted by atomic mass is 10.1. The summed E-state index contributed by atoms with van der Waals surface area (Å²) in [7, 11) is 2.99. The van der Waals surface area contributed by atoms with E-state index in [1.807, 2.05) is 0 Å². The van der Waals surface area contributed by atoms with Crippen LogP contribution in [0.3, 0.4) is 0 Å². The van der Waals surface area contributed by atoms with E-state index < -0.39 is 11.8 Å². The van der Waals surface area contributed by atoms with Crippen LogP contribution >= 0.6 is 0 Å². The quantitative estimate of drug-likeness (QED) is 0.770. The molecule has 0 radical (unpaired) electrons. The molecule has 19 heavy (non-hydrogen) atoms. The maximum absolute atomic E-state index is 14.2.